The molecule has 7 heteroatoms. The SMILES string of the molecule is O=[N+]([O-])c1cn(C2CCOCC2)nc1Cl. The van der Waals surface area contributed by atoms with Crippen LogP contribution in [0, 0.1) is 10.1 Å². The summed E-state index contributed by atoms with van der Waals surface area (Å²) in [6.07, 6.45) is 3.02. The van der Waals surface area contributed by atoms with Gasteiger partial charge in [-0.05, 0) is 12.8 Å². The van der Waals surface area contributed by atoms with Crippen LogP contribution < -0.4 is 0 Å². The van der Waals surface area contributed by atoms with Crippen molar-refractivity contribution in [3.05, 3.63) is 21.5 Å². The van der Waals surface area contributed by atoms with E-state index in [4.69, 9.17) is 16.3 Å². The molecule has 1 aliphatic heterocycles. The molecule has 0 unspecified atom stereocenters. The minimum absolute atomic E-state index is 0.0495. The highest BCUT2D eigenvalue weighted by atomic mass is 35.5. The van der Waals surface area contributed by atoms with E-state index in [0.29, 0.717) is 13.2 Å². The lowest BCUT2D eigenvalue weighted by Crippen LogP contribution is -2.19. The van der Waals surface area contributed by atoms with Crippen LogP contribution in [-0.4, -0.2) is 27.9 Å². The normalized spacial score (nSPS) is 17.9. The Kier molecular flexibility index (Phi) is 2.88. The summed E-state index contributed by atoms with van der Waals surface area (Å²) in [6.45, 7) is 1.33. The topological polar surface area (TPSA) is 70.2 Å². The summed E-state index contributed by atoms with van der Waals surface area (Å²) in [4.78, 5) is 10.0. The molecule has 82 valence electrons. The lowest BCUT2D eigenvalue weighted by molar-refractivity contribution is -0.384. The second-order valence-electron chi connectivity index (χ2n) is 3.39. The van der Waals surface area contributed by atoms with Crippen molar-refractivity contribution in [3.63, 3.8) is 0 Å². The second-order valence-corrected chi connectivity index (χ2v) is 3.74. The molecule has 2 rings (SSSR count). The maximum atomic E-state index is 10.6. The van der Waals surface area contributed by atoms with Gasteiger partial charge in [0.15, 0.2) is 0 Å². The highest BCUT2D eigenvalue weighted by Gasteiger charge is 2.23. The maximum Gasteiger partial charge on any atom is 0.325 e. The van der Waals surface area contributed by atoms with Gasteiger partial charge in [0.2, 0.25) is 5.15 Å². The van der Waals surface area contributed by atoms with E-state index in [9.17, 15) is 10.1 Å². The lowest BCUT2D eigenvalue weighted by atomic mass is 10.1. The Bertz CT molecular complexity index is 373. The van der Waals surface area contributed by atoms with Crippen LogP contribution >= 0.6 is 11.6 Å². The predicted molar refractivity (Wildman–Crippen MR) is 53.0 cm³/mol. The number of rotatable bonds is 2. The van der Waals surface area contributed by atoms with Crippen LogP contribution in [0.5, 0.6) is 0 Å². The Morgan fingerprint density at radius 2 is 2.27 bits per heavy atom. The van der Waals surface area contributed by atoms with Crippen LogP contribution in [0.4, 0.5) is 5.69 Å². The molecule has 1 saturated heterocycles. The third kappa shape index (κ3) is 2.10. The van der Waals surface area contributed by atoms with Gasteiger partial charge in [0.05, 0.1) is 11.0 Å². The van der Waals surface area contributed by atoms with Gasteiger partial charge in [-0.15, -0.1) is 0 Å². The molecule has 0 radical (unpaired) electrons. The fourth-order valence-electron chi connectivity index (χ4n) is 1.62. The summed E-state index contributed by atoms with van der Waals surface area (Å²) in [5.74, 6) is 0. The van der Waals surface area contributed by atoms with Crippen molar-refractivity contribution in [1.82, 2.24) is 9.78 Å². The molecule has 0 spiro atoms. The summed E-state index contributed by atoms with van der Waals surface area (Å²) >= 11 is 5.65. The Labute approximate surface area is 90.9 Å². The van der Waals surface area contributed by atoms with Crippen LogP contribution in [0.25, 0.3) is 0 Å². The fourth-order valence-corrected chi connectivity index (χ4v) is 1.82. The number of hydrogen-bond acceptors (Lipinski definition) is 4. The zero-order chi connectivity index (χ0) is 10.8. The molecular weight excluding hydrogens is 222 g/mol. The van der Waals surface area contributed by atoms with Crippen LogP contribution in [-0.2, 0) is 4.74 Å². The first-order chi connectivity index (χ1) is 7.18. The molecule has 0 aromatic carbocycles. The Hall–Kier alpha value is -1.14. The number of aromatic nitrogens is 2. The van der Waals surface area contributed by atoms with E-state index in [-0.39, 0.29) is 16.9 Å². The summed E-state index contributed by atoms with van der Waals surface area (Å²) < 4.78 is 6.77. The van der Waals surface area contributed by atoms with Crippen molar-refractivity contribution >= 4 is 17.3 Å². The molecule has 15 heavy (non-hydrogen) atoms. The summed E-state index contributed by atoms with van der Waals surface area (Å²) in [6, 6.07) is 0.157. The number of nitro groups is 1. The molecule has 1 aromatic heterocycles. The molecule has 0 aliphatic carbocycles. The second kappa shape index (κ2) is 4.16. The van der Waals surface area contributed by atoms with E-state index in [0.717, 1.165) is 12.8 Å². The smallest absolute Gasteiger partial charge is 0.325 e. The molecule has 6 nitrogen and oxygen atoms in total. The van der Waals surface area contributed by atoms with Crippen molar-refractivity contribution in [2.24, 2.45) is 0 Å². The van der Waals surface area contributed by atoms with E-state index in [1.807, 2.05) is 0 Å². The molecule has 2 heterocycles. The molecule has 1 fully saturated rings. The number of nitrogens with zero attached hydrogens (tertiary/aromatic N) is 3. The van der Waals surface area contributed by atoms with Crippen molar-refractivity contribution < 1.29 is 9.66 Å². The first-order valence-corrected chi connectivity index (χ1v) is 5.03. The van der Waals surface area contributed by atoms with Gasteiger partial charge in [-0.25, -0.2) is 0 Å². The average molecular weight is 232 g/mol. The lowest BCUT2D eigenvalue weighted by Gasteiger charge is -2.21. The maximum absolute atomic E-state index is 10.6. The largest absolute Gasteiger partial charge is 0.381 e. The van der Waals surface area contributed by atoms with E-state index in [1.54, 1.807) is 4.68 Å². The molecule has 0 atom stereocenters. The predicted octanol–water partition coefficient (Wildman–Crippen LogP) is 1.80. The van der Waals surface area contributed by atoms with Gasteiger partial charge in [-0.1, -0.05) is 11.6 Å². The summed E-state index contributed by atoms with van der Waals surface area (Å²) in [5.41, 5.74) is -0.136. The Morgan fingerprint density at radius 3 is 2.80 bits per heavy atom. The molecule has 0 bridgehead atoms. The molecule has 1 aliphatic rings. The minimum atomic E-state index is -0.523. The highest BCUT2D eigenvalue weighted by Crippen LogP contribution is 2.27. The van der Waals surface area contributed by atoms with Crippen molar-refractivity contribution in [2.75, 3.05) is 13.2 Å². The summed E-state index contributed by atoms with van der Waals surface area (Å²) in [5, 5.41) is 14.5. The van der Waals surface area contributed by atoms with Gasteiger partial charge >= 0.3 is 5.69 Å². The van der Waals surface area contributed by atoms with Gasteiger partial charge in [-0.3, -0.25) is 14.8 Å². The van der Waals surface area contributed by atoms with Crippen LogP contribution in [0.1, 0.15) is 18.9 Å². The average Bonchev–Trinajstić information content (AvgIpc) is 2.62. The molecule has 1 aromatic rings. The van der Waals surface area contributed by atoms with Gasteiger partial charge < -0.3 is 4.74 Å². The fraction of sp³-hybridized carbons (Fsp3) is 0.625. The Balaban J connectivity index is 2.21. The number of halogens is 1. The monoisotopic (exact) mass is 231 g/mol. The van der Waals surface area contributed by atoms with E-state index in [2.05, 4.69) is 5.10 Å². The van der Waals surface area contributed by atoms with Crippen molar-refractivity contribution in [2.45, 2.75) is 18.9 Å². The first kappa shape index (κ1) is 10.4. The third-order valence-corrected chi connectivity index (χ3v) is 2.70. The van der Waals surface area contributed by atoms with Crippen LogP contribution in [0.2, 0.25) is 5.15 Å². The van der Waals surface area contributed by atoms with Crippen molar-refractivity contribution in [1.29, 1.82) is 0 Å². The van der Waals surface area contributed by atoms with Crippen molar-refractivity contribution in [3.8, 4) is 0 Å². The molecule has 0 N–H and O–H groups in total. The molecule has 0 saturated carbocycles. The van der Waals surface area contributed by atoms with Gasteiger partial charge in [0, 0.05) is 13.2 Å². The zero-order valence-corrected chi connectivity index (χ0v) is 8.68. The Morgan fingerprint density at radius 1 is 1.60 bits per heavy atom. The van der Waals surface area contributed by atoms with E-state index < -0.39 is 4.92 Å². The standard InChI is InChI=1S/C8H10ClN3O3/c9-8-7(12(13)14)5-11(10-8)6-1-3-15-4-2-6/h5-6H,1-4H2. The first-order valence-electron chi connectivity index (χ1n) is 4.65. The molecule has 0 amide bonds. The van der Waals surface area contributed by atoms with Crippen LogP contribution in [0.3, 0.4) is 0 Å². The quantitative estimate of drug-likeness (QED) is 0.575. The van der Waals surface area contributed by atoms with E-state index >= 15 is 0 Å². The van der Waals surface area contributed by atoms with Gasteiger partial charge in [0.25, 0.3) is 0 Å². The highest BCUT2D eigenvalue weighted by molar-refractivity contribution is 6.31. The van der Waals surface area contributed by atoms with Crippen LogP contribution in [0.15, 0.2) is 6.20 Å². The third-order valence-electron chi connectivity index (χ3n) is 2.43. The van der Waals surface area contributed by atoms with Gasteiger partial charge in [0.1, 0.15) is 6.20 Å². The number of ether oxygens (including phenoxy) is 1. The van der Waals surface area contributed by atoms with E-state index in [1.165, 1.54) is 6.20 Å². The number of hydrogen-bond donors (Lipinski definition) is 0. The minimum Gasteiger partial charge on any atom is -0.381 e. The zero-order valence-electron chi connectivity index (χ0n) is 7.93. The summed E-state index contributed by atoms with van der Waals surface area (Å²) in [7, 11) is 0. The van der Waals surface area contributed by atoms with Gasteiger partial charge in [-0.2, -0.15) is 5.10 Å². The molecular formula is C8H10ClN3O3.